The van der Waals surface area contributed by atoms with Crippen LogP contribution in [0.4, 0.5) is 0 Å². The van der Waals surface area contributed by atoms with E-state index in [9.17, 15) is 5.26 Å². The summed E-state index contributed by atoms with van der Waals surface area (Å²) < 4.78 is 0. The predicted molar refractivity (Wildman–Crippen MR) is 82.7 cm³/mol. The van der Waals surface area contributed by atoms with E-state index < -0.39 is 0 Å². The maximum absolute atomic E-state index is 9.41. The van der Waals surface area contributed by atoms with Gasteiger partial charge in [0.15, 0.2) is 5.65 Å². The summed E-state index contributed by atoms with van der Waals surface area (Å²) in [4.78, 5) is 15.8. The SMILES string of the molecule is CCCC1CCC(C#N)C(Sc2ncnc3nc[nH]c23)C1. The number of nitrogens with one attached hydrogen (secondary N) is 1. The van der Waals surface area contributed by atoms with Gasteiger partial charge in [-0.15, -0.1) is 0 Å². The zero-order chi connectivity index (χ0) is 14.7. The standard InChI is InChI=1S/C15H19N5S/c1-2-3-10-4-5-11(7-16)12(6-10)21-15-13-14(18-8-17-13)19-9-20-15/h8-12H,2-6H2,1H3,(H,17,18,19,20). The molecular formula is C15H19N5S. The van der Waals surface area contributed by atoms with Gasteiger partial charge in [-0.1, -0.05) is 31.5 Å². The molecule has 0 spiro atoms. The van der Waals surface area contributed by atoms with Crippen molar-refractivity contribution in [2.24, 2.45) is 11.8 Å². The van der Waals surface area contributed by atoms with Gasteiger partial charge in [-0.3, -0.25) is 0 Å². The molecule has 1 N–H and O–H groups in total. The molecular weight excluding hydrogens is 282 g/mol. The van der Waals surface area contributed by atoms with Gasteiger partial charge in [-0.25, -0.2) is 15.0 Å². The summed E-state index contributed by atoms with van der Waals surface area (Å²) in [6.45, 7) is 2.23. The lowest BCUT2D eigenvalue weighted by Gasteiger charge is -2.32. The van der Waals surface area contributed by atoms with Crippen molar-refractivity contribution in [3.63, 3.8) is 0 Å². The second-order valence-electron chi connectivity index (χ2n) is 5.64. The number of aromatic nitrogens is 4. The van der Waals surface area contributed by atoms with Gasteiger partial charge in [0.2, 0.25) is 0 Å². The number of hydrogen-bond acceptors (Lipinski definition) is 5. The molecule has 3 rings (SSSR count). The Morgan fingerprint density at radius 2 is 2.29 bits per heavy atom. The van der Waals surface area contributed by atoms with E-state index in [1.807, 2.05) is 0 Å². The third kappa shape index (κ3) is 3.03. The first-order chi connectivity index (χ1) is 10.3. The van der Waals surface area contributed by atoms with Crippen LogP contribution in [0.3, 0.4) is 0 Å². The number of hydrogen-bond donors (Lipinski definition) is 1. The van der Waals surface area contributed by atoms with Gasteiger partial charge in [-0.2, -0.15) is 5.26 Å². The average molecular weight is 301 g/mol. The Morgan fingerprint density at radius 3 is 3.10 bits per heavy atom. The highest BCUT2D eigenvalue weighted by molar-refractivity contribution is 8.00. The van der Waals surface area contributed by atoms with Crippen LogP contribution in [-0.4, -0.2) is 25.2 Å². The number of H-pyrrole nitrogens is 1. The van der Waals surface area contributed by atoms with E-state index in [1.165, 1.54) is 19.3 Å². The van der Waals surface area contributed by atoms with Crippen LogP contribution in [0, 0.1) is 23.2 Å². The number of nitrogens with zero attached hydrogens (tertiary/aromatic N) is 4. The van der Waals surface area contributed by atoms with E-state index in [-0.39, 0.29) is 5.92 Å². The lowest BCUT2D eigenvalue weighted by atomic mass is 9.80. The molecule has 3 atom stereocenters. The molecule has 1 fully saturated rings. The molecule has 3 unspecified atom stereocenters. The van der Waals surface area contributed by atoms with E-state index in [1.54, 1.807) is 24.4 Å². The number of fused-ring (bicyclic) bond motifs is 1. The van der Waals surface area contributed by atoms with E-state index in [0.717, 1.165) is 29.3 Å². The zero-order valence-electron chi connectivity index (χ0n) is 12.1. The molecule has 110 valence electrons. The van der Waals surface area contributed by atoms with E-state index >= 15 is 0 Å². The Kier molecular flexibility index (Phi) is 4.39. The van der Waals surface area contributed by atoms with Gasteiger partial charge in [0.1, 0.15) is 16.9 Å². The van der Waals surface area contributed by atoms with E-state index in [0.29, 0.717) is 10.9 Å². The van der Waals surface area contributed by atoms with Gasteiger partial charge in [-0.05, 0) is 25.2 Å². The summed E-state index contributed by atoms with van der Waals surface area (Å²) in [7, 11) is 0. The van der Waals surface area contributed by atoms with Crippen LogP contribution < -0.4 is 0 Å². The Hall–Kier alpha value is -1.61. The third-order valence-electron chi connectivity index (χ3n) is 4.21. The molecule has 21 heavy (non-hydrogen) atoms. The van der Waals surface area contributed by atoms with Gasteiger partial charge < -0.3 is 4.98 Å². The summed E-state index contributed by atoms with van der Waals surface area (Å²) in [5.74, 6) is 0.868. The molecule has 5 nitrogen and oxygen atoms in total. The zero-order valence-corrected chi connectivity index (χ0v) is 12.9. The molecule has 2 aromatic heterocycles. The van der Waals surface area contributed by atoms with Gasteiger partial charge in [0.05, 0.1) is 18.3 Å². The molecule has 6 heteroatoms. The highest BCUT2D eigenvalue weighted by Gasteiger charge is 2.31. The molecule has 1 aliphatic carbocycles. The molecule has 1 aliphatic rings. The van der Waals surface area contributed by atoms with Crippen molar-refractivity contribution in [3.8, 4) is 6.07 Å². The van der Waals surface area contributed by atoms with Crippen LogP contribution in [0.25, 0.3) is 11.2 Å². The van der Waals surface area contributed by atoms with Crippen molar-refractivity contribution in [2.75, 3.05) is 0 Å². The van der Waals surface area contributed by atoms with Crippen LogP contribution in [0.15, 0.2) is 17.7 Å². The third-order valence-corrected chi connectivity index (χ3v) is 5.57. The highest BCUT2D eigenvalue weighted by Crippen LogP contribution is 2.41. The average Bonchev–Trinajstić information content (AvgIpc) is 2.97. The Balaban J connectivity index is 1.80. The molecule has 0 bridgehead atoms. The molecule has 2 aromatic rings. The number of nitriles is 1. The van der Waals surface area contributed by atoms with Crippen LogP contribution in [-0.2, 0) is 0 Å². The minimum atomic E-state index is 0.121. The molecule has 0 amide bonds. The van der Waals surface area contributed by atoms with Gasteiger partial charge >= 0.3 is 0 Å². The summed E-state index contributed by atoms with van der Waals surface area (Å²) in [6, 6.07) is 2.49. The summed E-state index contributed by atoms with van der Waals surface area (Å²) >= 11 is 1.72. The first kappa shape index (κ1) is 14.3. The Bertz CT molecular complexity index is 647. The first-order valence-corrected chi connectivity index (χ1v) is 8.40. The molecule has 2 heterocycles. The van der Waals surface area contributed by atoms with Gasteiger partial charge in [0, 0.05) is 5.25 Å². The Morgan fingerprint density at radius 1 is 1.38 bits per heavy atom. The van der Waals surface area contributed by atoms with Crippen molar-refractivity contribution in [3.05, 3.63) is 12.7 Å². The summed E-state index contributed by atoms with van der Waals surface area (Å²) in [6.07, 6.45) is 8.99. The number of rotatable bonds is 4. The minimum Gasteiger partial charge on any atom is -0.341 e. The fraction of sp³-hybridized carbons (Fsp3) is 0.600. The monoisotopic (exact) mass is 301 g/mol. The topological polar surface area (TPSA) is 78.2 Å². The number of aromatic amines is 1. The molecule has 0 radical (unpaired) electrons. The largest absolute Gasteiger partial charge is 0.341 e. The number of thioether (sulfide) groups is 1. The molecule has 0 aromatic carbocycles. The normalized spacial score (nSPS) is 25.8. The quantitative estimate of drug-likeness (QED) is 0.874. The lowest BCUT2D eigenvalue weighted by Crippen LogP contribution is -2.26. The predicted octanol–water partition coefficient (Wildman–Crippen LogP) is 3.55. The smallest absolute Gasteiger partial charge is 0.181 e. The van der Waals surface area contributed by atoms with Crippen LogP contribution in [0.2, 0.25) is 0 Å². The molecule has 0 aliphatic heterocycles. The summed E-state index contributed by atoms with van der Waals surface area (Å²) in [5.41, 5.74) is 1.58. The number of imidazole rings is 1. The molecule has 0 saturated heterocycles. The maximum Gasteiger partial charge on any atom is 0.181 e. The highest BCUT2D eigenvalue weighted by atomic mass is 32.2. The van der Waals surface area contributed by atoms with Crippen LogP contribution >= 0.6 is 11.8 Å². The van der Waals surface area contributed by atoms with Crippen molar-refractivity contribution < 1.29 is 0 Å². The fourth-order valence-electron chi connectivity index (χ4n) is 3.14. The van der Waals surface area contributed by atoms with Crippen molar-refractivity contribution in [1.29, 1.82) is 5.26 Å². The molecule has 1 saturated carbocycles. The maximum atomic E-state index is 9.41. The Labute approximate surface area is 128 Å². The van der Waals surface area contributed by atoms with Crippen molar-refractivity contribution in [2.45, 2.75) is 49.3 Å². The van der Waals surface area contributed by atoms with E-state index in [4.69, 9.17) is 0 Å². The first-order valence-electron chi connectivity index (χ1n) is 7.52. The van der Waals surface area contributed by atoms with Crippen LogP contribution in [0.5, 0.6) is 0 Å². The van der Waals surface area contributed by atoms with Crippen LogP contribution in [0.1, 0.15) is 39.0 Å². The van der Waals surface area contributed by atoms with E-state index in [2.05, 4.69) is 32.9 Å². The minimum absolute atomic E-state index is 0.121. The van der Waals surface area contributed by atoms with Gasteiger partial charge in [0.25, 0.3) is 0 Å². The second-order valence-corrected chi connectivity index (χ2v) is 6.87. The van der Waals surface area contributed by atoms with Crippen molar-refractivity contribution in [1.82, 2.24) is 19.9 Å². The fourth-order valence-corrected chi connectivity index (χ4v) is 4.53. The summed E-state index contributed by atoms with van der Waals surface area (Å²) in [5, 5.41) is 10.7. The van der Waals surface area contributed by atoms with Crippen molar-refractivity contribution >= 4 is 22.9 Å². The second kappa shape index (κ2) is 6.44. The lowest BCUT2D eigenvalue weighted by molar-refractivity contribution is 0.307.